The van der Waals surface area contributed by atoms with Gasteiger partial charge < -0.3 is 15.5 Å². The predicted molar refractivity (Wildman–Crippen MR) is 122 cm³/mol. The van der Waals surface area contributed by atoms with Crippen LogP contribution in [-0.4, -0.2) is 51.8 Å². The van der Waals surface area contributed by atoms with E-state index in [1.165, 1.54) is 18.5 Å². The average molecular weight is 507 g/mol. The van der Waals surface area contributed by atoms with E-state index in [2.05, 4.69) is 24.9 Å². The summed E-state index contributed by atoms with van der Waals surface area (Å²) in [5, 5.41) is 4.11. The lowest BCUT2D eigenvalue weighted by atomic mass is 10.2. The third kappa shape index (κ3) is 5.22. The van der Waals surface area contributed by atoms with Crippen molar-refractivity contribution in [2.45, 2.75) is 6.54 Å². The largest absolute Gasteiger partial charge is 0.370 e. The van der Waals surface area contributed by atoms with Gasteiger partial charge in [-0.15, -0.1) is 24.0 Å². The molecule has 0 radical (unpaired) electrons. The maximum Gasteiger partial charge on any atom is 0.191 e. The van der Waals surface area contributed by atoms with E-state index in [4.69, 9.17) is 5.73 Å². The van der Waals surface area contributed by atoms with Crippen LogP contribution in [0.1, 0.15) is 5.56 Å². The molecule has 7 nitrogen and oxygen atoms in total. The zero-order chi connectivity index (χ0) is 19.3. The van der Waals surface area contributed by atoms with Crippen molar-refractivity contribution < 1.29 is 4.39 Å². The zero-order valence-electron chi connectivity index (χ0n) is 15.9. The van der Waals surface area contributed by atoms with E-state index in [9.17, 15) is 4.39 Å². The minimum atomic E-state index is -0.215. The summed E-state index contributed by atoms with van der Waals surface area (Å²) < 4.78 is 14.8. The number of rotatable bonds is 4. The minimum Gasteiger partial charge on any atom is -0.370 e. The molecule has 3 aromatic rings. The standard InChI is InChI=1S/C20H22FN7.HI/c21-17-3-7-18(8-4-17)26-9-11-27(12-10-26)20(22)24-13-16-1-5-19(6-2-16)28-15-23-14-25-28;/h1-8,14-15H,9-13H2,(H2,22,24);1H. The second-order valence-corrected chi connectivity index (χ2v) is 6.63. The Kier molecular flexibility index (Phi) is 7.02. The third-order valence-electron chi connectivity index (χ3n) is 4.84. The summed E-state index contributed by atoms with van der Waals surface area (Å²) in [7, 11) is 0. The summed E-state index contributed by atoms with van der Waals surface area (Å²) in [4.78, 5) is 12.8. The van der Waals surface area contributed by atoms with Crippen molar-refractivity contribution >= 4 is 35.6 Å². The lowest BCUT2D eigenvalue weighted by Crippen LogP contribution is -2.51. The van der Waals surface area contributed by atoms with Gasteiger partial charge in [0.1, 0.15) is 18.5 Å². The Bertz CT molecular complexity index is 918. The third-order valence-corrected chi connectivity index (χ3v) is 4.84. The van der Waals surface area contributed by atoms with E-state index in [0.29, 0.717) is 12.5 Å². The fourth-order valence-electron chi connectivity index (χ4n) is 3.21. The van der Waals surface area contributed by atoms with Crippen LogP contribution in [0.25, 0.3) is 5.69 Å². The molecular weight excluding hydrogens is 484 g/mol. The maximum absolute atomic E-state index is 13.1. The van der Waals surface area contributed by atoms with Gasteiger partial charge in [0.25, 0.3) is 0 Å². The normalized spacial score (nSPS) is 14.6. The van der Waals surface area contributed by atoms with E-state index in [-0.39, 0.29) is 29.8 Å². The quantitative estimate of drug-likeness (QED) is 0.334. The lowest BCUT2D eigenvalue weighted by Gasteiger charge is -2.36. The first-order valence-electron chi connectivity index (χ1n) is 9.18. The molecule has 4 rings (SSSR count). The van der Waals surface area contributed by atoms with E-state index >= 15 is 0 Å². The number of guanidine groups is 1. The number of halogens is 2. The Labute approximate surface area is 186 Å². The highest BCUT2D eigenvalue weighted by atomic mass is 127. The van der Waals surface area contributed by atoms with Crippen LogP contribution < -0.4 is 10.6 Å². The molecule has 1 saturated heterocycles. The molecule has 1 aliphatic rings. The van der Waals surface area contributed by atoms with Crippen LogP contribution in [0.2, 0.25) is 0 Å². The predicted octanol–water partition coefficient (Wildman–Crippen LogP) is 2.66. The number of anilines is 1. The highest BCUT2D eigenvalue weighted by Gasteiger charge is 2.18. The smallest absolute Gasteiger partial charge is 0.191 e. The molecule has 0 unspecified atom stereocenters. The number of nitrogens with zero attached hydrogens (tertiary/aromatic N) is 6. The van der Waals surface area contributed by atoms with Gasteiger partial charge in [-0.1, -0.05) is 12.1 Å². The second-order valence-electron chi connectivity index (χ2n) is 6.63. The van der Waals surface area contributed by atoms with Gasteiger partial charge in [-0.2, -0.15) is 5.10 Å². The van der Waals surface area contributed by atoms with Gasteiger partial charge in [-0.25, -0.2) is 19.0 Å². The van der Waals surface area contributed by atoms with E-state index in [1.54, 1.807) is 11.0 Å². The SMILES string of the molecule is I.NC(=NCc1ccc(-n2cncn2)cc1)N1CCN(c2ccc(F)cc2)CC1. The van der Waals surface area contributed by atoms with Crippen molar-refractivity contribution in [3.63, 3.8) is 0 Å². The fourth-order valence-corrected chi connectivity index (χ4v) is 3.21. The Hall–Kier alpha value is -2.69. The maximum atomic E-state index is 13.1. The molecule has 1 aliphatic heterocycles. The molecular formula is C20H23FIN7. The summed E-state index contributed by atoms with van der Waals surface area (Å²) in [5.41, 5.74) is 9.26. The summed E-state index contributed by atoms with van der Waals surface area (Å²) >= 11 is 0. The molecule has 0 spiro atoms. The molecule has 0 bridgehead atoms. The van der Waals surface area contributed by atoms with Gasteiger partial charge in [0.2, 0.25) is 0 Å². The summed E-state index contributed by atoms with van der Waals surface area (Å²) in [5.74, 6) is 0.340. The van der Waals surface area contributed by atoms with E-state index in [0.717, 1.165) is 43.1 Å². The Morgan fingerprint density at radius 2 is 1.62 bits per heavy atom. The lowest BCUT2D eigenvalue weighted by molar-refractivity contribution is 0.380. The minimum absolute atomic E-state index is 0. The topological polar surface area (TPSA) is 75.6 Å². The van der Waals surface area contributed by atoms with Crippen molar-refractivity contribution in [1.29, 1.82) is 0 Å². The van der Waals surface area contributed by atoms with Crippen LogP contribution in [0.15, 0.2) is 66.2 Å². The van der Waals surface area contributed by atoms with Gasteiger partial charge in [-0.3, -0.25) is 0 Å². The summed E-state index contributed by atoms with van der Waals surface area (Å²) in [6.07, 6.45) is 3.17. The monoisotopic (exact) mass is 507 g/mol. The number of piperazine rings is 1. The number of aliphatic imine (C=N–C) groups is 1. The molecule has 0 saturated carbocycles. The molecule has 9 heteroatoms. The van der Waals surface area contributed by atoms with Crippen molar-refractivity contribution in [3.8, 4) is 5.69 Å². The highest BCUT2D eigenvalue weighted by molar-refractivity contribution is 14.0. The summed E-state index contributed by atoms with van der Waals surface area (Å²) in [6, 6.07) is 14.6. The number of hydrogen-bond donors (Lipinski definition) is 1. The fraction of sp³-hybridized carbons (Fsp3) is 0.250. The Morgan fingerprint density at radius 3 is 2.24 bits per heavy atom. The first-order valence-corrected chi connectivity index (χ1v) is 9.18. The molecule has 1 fully saturated rings. The van der Waals surface area contributed by atoms with Crippen LogP contribution in [0.3, 0.4) is 0 Å². The van der Waals surface area contributed by atoms with Gasteiger partial charge in [0, 0.05) is 31.9 Å². The average Bonchev–Trinajstić information content (AvgIpc) is 3.28. The number of hydrogen-bond acceptors (Lipinski definition) is 4. The second kappa shape index (κ2) is 9.68. The molecule has 0 aliphatic carbocycles. The summed E-state index contributed by atoms with van der Waals surface area (Å²) in [6.45, 7) is 3.76. The van der Waals surface area contributed by atoms with Crippen molar-refractivity contribution in [1.82, 2.24) is 19.7 Å². The van der Waals surface area contributed by atoms with Gasteiger partial charge in [0.15, 0.2) is 5.96 Å². The van der Waals surface area contributed by atoms with Crippen LogP contribution in [-0.2, 0) is 6.54 Å². The number of aromatic nitrogens is 3. The van der Waals surface area contributed by atoms with Gasteiger partial charge in [0.05, 0.1) is 12.2 Å². The van der Waals surface area contributed by atoms with E-state index < -0.39 is 0 Å². The van der Waals surface area contributed by atoms with Crippen molar-refractivity contribution in [2.75, 3.05) is 31.1 Å². The molecule has 1 aromatic heterocycles. The van der Waals surface area contributed by atoms with Crippen LogP contribution in [0.5, 0.6) is 0 Å². The molecule has 2 heterocycles. The van der Waals surface area contributed by atoms with E-state index in [1.807, 2.05) is 36.4 Å². The molecule has 2 aromatic carbocycles. The van der Waals surface area contributed by atoms with Gasteiger partial charge >= 0.3 is 0 Å². The first-order chi connectivity index (χ1) is 13.7. The number of nitrogens with two attached hydrogens (primary N) is 1. The van der Waals surface area contributed by atoms with Gasteiger partial charge in [-0.05, 0) is 42.0 Å². The van der Waals surface area contributed by atoms with Crippen LogP contribution in [0.4, 0.5) is 10.1 Å². The molecule has 0 amide bonds. The van der Waals surface area contributed by atoms with Crippen molar-refractivity contribution in [2.24, 2.45) is 10.7 Å². The molecule has 152 valence electrons. The molecule has 0 atom stereocenters. The molecule has 2 N–H and O–H groups in total. The Morgan fingerprint density at radius 1 is 0.966 bits per heavy atom. The molecule has 29 heavy (non-hydrogen) atoms. The van der Waals surface area contributed by atoms with Crippen LogP contribution in [0, 0.1) is 5.82 Å². The number of benzene rings is 2. The van der Waals surface area contributed by atoms with Crippen molar-refractivity contribution in [3.05, 3.63) is 72.6 Å². The first kappa shape index (κ1) is 21.0. The highest BCUT2D eigenvalue weighted by Crippen LogP contribution is 2.17. The zero-order valence-corrected chi connectivity index (χ0v) is 18.2. The van der Waals surface area contributed by atoms with Crippen LogP contribution >= 0.6 is 24.0 Å². The Balaban J connectivity index is 0.00000240.